The normalized spacial score (nSPS) is 20.5. The number of fused-ring (bicyclic) bond motifs is 1. The molecule has 2 aliphatic rings. The number of hydrogen-bond donors (Lipinski definition) is 2. The molecule has 0 aromatic heterocycles. The lowest BCUT2D eigenvalue weighted by Crippen LogP contribution is -2.44. The Morgan fingerprint density at radius 1 is 1.50 bits per heavy atom. The Morgan fingerprint density at radius 2 is 2.32 bits per heavy atom. The van der Waals surface area contributed by atoms with Crippen molar-refractivity contribution in [2.24, 2.45) is 5.92 Å². The Labute approximate surface area is 132 Å². The van der Waals surface area contributed by atoms with Gasteiger partial charge < -0.3 is 15.5 Å². The maximum Gasteiger partial charge on any atom is 0.317 e. The average molecular weight is 326 g/mol. The highest BCUT2D eigenvalue weighted by Gasteiger charge is 2.25. The SMILES string of the molecule is O=C1CC(CNC(=O)N2CCc3c(Cl)cc(F)cc3C2)CN1. The van der Waals surface area contributed by atoms with E-state index >= 15 is 0 Å². The molecule has 1 aromatic carbocycles. The first-order chi connectivity index (χ1) is 10.5. The van der Waals surface area contributed by atoms with Crippen LogP contribution in [0.15, 0.2) is 12.1 Å². The van der Waals surface area contributed by atoms with Gasteiger partial charge >= 0.3 is 6.03 Å². The van der Waals surface area contributed by atoms with Crippen molar-refractivity contribution in [2.75, 3.05) is 19.6 Å². The molecule has 0 bridgehead atoms. The largest absolute Gasteiger partial charge is 0.356 e. The van der Waals surface area contributed by atoms with E-state index in [1.807, 2.05) is 0 Å². The van der Waals surface area contributed by atoms with Crippen LogP contribution in [0.1, 0.15) is 17.5 Å². The van der Waals surface area contributed by atoms with E-state index in [4.69, 9.17) is 11.6 Å². The van der Waals surface area contributed by atoms with Crippen molar-refractivity contribution in [2.45, 2.75) is 19.4 Å². The summed E-state index contributed by atoms with van der Waals surface area (Å²) >= 11 is 6.04. The van der Waals surface area contributed by atoms with Crippen LogP contribution >= 0.6 is 11.6 Å². The van der Waals surface area contributed by atoms with E-state index in [-0.39, 0.29) is 23.7 Å². The standard InChI is InChI=1S/C15H17ClFN3O2/c16-13-5-11(17)4-10-8-20(2-1-12(10)13)15(22)19-7-9-3-14(21)18-6-9/h4-5,9H,1-3,6-8H2,(H,18,21)(H,19,22). The van der Waals surface area contributed by atoms with Gasteiger partial charge in [-0.3, -0.25) is 4.79 Å². The molecule has 22 heavy (non-hydrogen) atoms. The number of carbonyl (C=O) groups is 2. The first-order valence-corrected chi connectivity index (χ1v) is 7.67. The van der Waals surface area contributed by atoms with E-state index in [0.717, 1.165) is 11.1 Å². The number of benzene rings is 1. The summed E-state index contributed by atoms with van der Waals surface area (Å²) in [7, 11) is 0. The second-order valence-electron chi connectivity index (χ2n) is 5.76. The topological polar surface area (TPSA) is 61.4 Å². The smallest absolute Gasteiger partial charge is 0.317 e. The van der Waals surface area contributed by atoms with E-state index in [2.05, 4.69) is 10.6 Å². The van der Waals surface area contributed by atoms with Crippen molar-refractivity contribution >= 4 is 23.5 Å². The van der Waals surface area contributed by atoms with Gasteiger partial charge in [0.25, 0.3) is 0 Å². The zero-order chi connectivity index (χ0) is 15.7. The third-order valence-corrected chi connectivity index (χ3v) is 4.47. The third-order valence-electron chi connectivity index (χ3n) is 4.14. The second-order valence-corrected chi connectivity index (χ2v) is 6.16. The Balaban J connectivity index is 1.59. The van der Waals surface area contributed by atoms with Crippen molar-refractivity contribution in [1.29, 1.82) is 0 Å². The Morgan fingerprint density at radius 3 is 3.05 bits per heavy atom. The van der Waals surface area contributed by atoms with E-state index in [1.54, 1.807) is 4.90 Å². The molecule has 0 aliphatic carbocycles. The summed E-state index contributed by atoms with van der Waals surface area (Å²) in [4.78, 5) is 25.0. The molecule has 0 spiro atoms. The van der Waals surface area contributed by atoms with Crippen molar-refractivity contribution in [3.63, 3.8) is 0 Å². The van der Waals surface area contributed by atoms with Gasteiger partial charge in [-0.25, -0.2) is 9.18 Å². The summed E-state index contributed by atoms with van der Waals surface area (Å²) in [5.41, 5.74) is 1.67. The fraction of sp³-hybridized carbons (Fsp3) is 0.467. The molecule has 1 saturated heterocycles. The summed E-state index contributed by atoms with van der Waals surface area (Å²) in [6.45, 7) is 1.96. The van der Waals surface area contributed by atoms with Crippen LogP contribution in [-0.2, 0) is 17.8 Å². The van der Waals surface area contributed by atoms with Crippen LogP contribution in [0.2, 0.25) is 5.02 Å². The maximum atomic E-state index is 13.4. The lowest BCUT2D eigenvalue weighted by molar-refractivity contribution is -0.119. The molecule has 1 atom stereocenters. The molecule has 3 rings (SSSR count). The molecule has 3 amide bonds. The number of rotatable bonds is 2. The van der Waals surface area contributed by atoms with Crippen LogP contribution in [0, 0.1) is 11.7 Å². The number of nitrogens with one attached hydrogen (secondary N) is 2. The molecule has 0 saturated carbocycles. The van der Waals surface area contributed by atoms with Crippen molar-refractivity contribution in [3.05, 3.63) is 34.1 Å². The van der Waals surface area contributed by atoms with E-state index in [9.17, 15) is 14.0 Å². The number of nitrogens with zero attached hydrogens (tertiary/aromatic N) is 1. The third kappa shape index (κ3) is 3.16. The zero-order valence-corrected chi connectivity index (χ0v) is 12.8. The second kappa shape index (κ2) is 6.12. The zero-order valence-electron chi connectivity index (χ0n) is 12.0. The maximum absolute atomic E-state index is 13.4. The van der Waals surface area contributed by atoms with Crippen molar-refractivity contribution in [3.8, 4) is 0 Å². The van der Waals surface area contributed by atoms with Gasteiger partial charge in [-0.1, -0.05) is 11.6 Å². The molecular formula is C15H17ClFN3O2. The van der Waals surface area contributed by atoms with E-state index in [1.165, 1.54) is 12.1 Å². The molecule has 2 N–H and O–H groups in total. The first-order valence-electron chi connectivity index (χ1n) is 7.29. The molecule has 0 radical (unpaired) electrons. The summed E-state index contributed by atoms with van der Waals surface area (Å²) in [6.07, 6.45) is 1.06. The van der Waals surface area contributed by atoms with Crippen molar-refractivity contribution in [1.82, 2.24) is 15.5 Å². The molecule has 2 heterocycles. The molecule has 7 heteroatoms. The molecule has 1 fully saturated rings. The van der Waals surface area contributed by atoms with Crippen LogP contribution < -0.4 is 10.6 Å². The highest BCUT2D eigenvalue weighted by atomic mass is 35.5. The number of carbonyl (C=O) groups excluding carboxylic acids is 2. The van der Waals surface area contributed by atoms with Gasteiger partial charge in [0.15, 0.2) is 0 Å². The molecule has 1 aromatic rings. The van der Waals surface area contributed by atoms with Gasteiger partial charge in [0, 0.05) is 43.5 Å². The van der Waals surface area contributed by atoms with Crippen LogP contribution in [0.25, 0.3) is 0 Å². The number of amides is 3. The Hall–Kier alpha value is -1.82. The number of urea groups is 1. The quantitative estimate of drug-likeness (QED) is 0.869. The minimum atomic E-state index is -0.387. The Kier molecular flexibility index (Phi) is 4.20. The lowest BCUT2D eigenvalue weighted by atomic mass is 10.00. The molecule has 5 nitrogen and oxygen atoms in total. The van der Waals surface area contributed by atoms with Gasteiger partial charge in [-0.2, -0.15) is 0 Å². The van der Waals surface area contributed by atoms with Crippen LogP contribution in [0.4, 0.5) is 9.18 Å². The summed E-state index contributed by atoms with van der Waals surface area (Å²) in [5.74, 6) is -0.224. The average Bonchev–Trinajstić information content (AvgIpc) is 2.89. The Bertz CT molecular complexity index is 623. The number of halogens is 2. The number of hydrogen-bond acceptors (Lipinski definition) is 2. The summed E-state index contributed by atoms with van der Waals surface area (Å²) in [6, 6.07) is 2.55. The van der Waals surface area contributed by atoms with Gasteiger partial charge in [0.2, 0.25) is 5.91 Å². The molecule has 1 unspecified atom stereocenters. The predicted molar refractivity (Wildman–Crippen MR) is 80.0 cm³/mol. The minimum Gasteiger partial charge on any atom is -0.356 e. The first kappa shape index (κ1) is 15.1. The van der Waals surface area contributed by atoms with Crippen LogP contribution in [0.5, 0.6) is 0 Å². The highest BCUT2D eigenvalue weighted by molar-refractivity contribution is 6.31. The fourth-order valence-electron chi connectivity index (χ4n) is 2.94. The molecular weight excluding hydrogens is 309 g/mol. The van der Waals surface area contributed by atoms with Gasteiger partial charge in [-0.05, 0) is 29.7 Å². The van der Waals surface area contributed by atoms with Crippen molar-refractivity contribution < 1.29 is 14.0 Å². The van der Waals surface area contributed by atoms with Gasteiger partial charge in [0.1, 0.15) is 5.82 Å². The van der Waals surface area contributed by atoms with Crippen LogP contribution in [-0.4, -0.2) is 36.5 Å². The summed E-state index contributed by atoms with van der Waals surface area (Å²) < 4.78 is 13.4. The van der Waals surface area contributed by atoms with Gasteiger partial charge in [0.05, 0.1) is 0 Å². The van der Waals surface area contributed by atoms with Gasteiger partial charge in [-0.15, -0.1) is 0 Å². The highest BCUT2D eigenvalue weighted by Crippen LogP contribution is 2.27. The summed E-state index contributed by atoms with van der Waals surface area (Å²) in [5, 5.41) is 6.00. The molecule has 118 valence electrons. The van der Waals surface area contributed by atoms with E-state index in [0.29, 0.717) is 44.0 Å². The monoisotopic (exact) mass is 325 g/mol. The van der Waals surface area contributed by atoms with E-state index < -0.39 is 0 Å². The predicted octanol–water partition coefficient (Wildman–Crippen LogP) is 1.68. The fourth-order valence-corrected chi connectivity index (χ4v) is 3.26. The minimum absolute atomic E-state index is 0.0243. The molecule has 2 aliphatic heterocycles. The lowest BCUT2D eigenvalue weighted by Gasteiger charge is -2.30. The van der Waals surface area contributed by atoms with Crippen LogP contribution in [0.3, 0.4) is 0 Å².